The van der Waals surface area contributed by atoms with Crippen LogP contribution in [0.1, 0.15) is 31.7 Å². The van der Waals surface area contributed by atoms with Crippen molar-refractivity contribution in [2.75, 3.05) is 38.2 Å². The number of anilines is 1. The van der Waals surface area contributed by atoms with E-state index in [-0.39, 0.29) is 24.4 Å². The minimum atomic E-state index is -0.195. The molecule has 2 aromatic carbocycles. The van der Waals surface area contributed by atoms with Gasteiger partial charge in [-0.1, -0.05) is 38.1 Å². The van der Waals surface area contributed by atoms with Crippen molar-refractivity contribution in [3.05, 3.63) is 76.6 Å². The Morgan fingerprint density at radius 3 is 2.24 bits per heavy atom. The molecular formula is C27H32N4O3. The van der Waals surface area contributed by atoms with Gasteiger partial charge in [0.2, 0.25) is 5.91 Å². The van der Waals surface area contributed by atoms with Gasteiger partial charge in [-0.2, -0.15) is 5.10 Å². The molecule has 0 aliphatic carbocycles. The van der Waals surface area contributed by atoms with Crippen LogP contribution in [0, 0.1) is 0 Å². The molecule has 7 heteroatoms. The summed E-state index contributed by atoms with van der Waals surface area (Å²) in [4.78, 5) is 29.3. The molecule has 7 nitrogen and oxygen atoms in total. The lowest BCUT2D eigenvalue weighted by molar-refractivity contribution is -0.131. The number of amides is 1. The summed E-state index contributed by atoms with van der Waals surface area (Å²) < 4.78 is 6.62. The largest absolute Gasteiger partial charge is 0.497 e. The summed E-state index contributed by atoms with van der Waals surface area (Å²) in [6.45, 7) is 7.46. The summed E-state index contributed by atoms with van der Waals surface area (Å²) in [6, 6.07) is 19.5. The summed E-state index contributed by atoms with van der Waals surface area (Å²) in [5.41, 5.74) is 3.88. The number of aromatic nitrogens is 2. The predicted molar refractivity (Wildman–Crippen MR) is 134 cm³/mol. The Morgan fingerprint density at radius 2 is 1.62 bits per heavy atom. The topological polar surface area (TPSA) is 67.7 Å². The zero-order valence-corrected chi connectivity index (χ0v) is 20.1. The normalized spacial score (nSPS) is 13.9. The predicted octanol–water partition coefficient (Wildman–Crippen LogP) is 3.78. The number of nitrogens with zero attached hydrogens (tertiary/aromatic N) is 4. The average Bonchev–Trinajstić information content (AvgIpc) is 2.88. The molecule has 1 aliphatic rings. The fourth-order valence-electron chi connectivity index (χ4n) is 4.17. The first-order chi connectivity index (χ1) is 16.4. The number of methoxy groups -OCH3 is 1. The quantitative estimate of drug-likeness (QED) is 0.537. The summed E-state index contributed by atoms with van der Waals surface area (Å²) in [5, 5.41) is 4.51. The second-order valence-electron chi connectivity index (χ2n) is 8.87. The molecule has 3 aromatic rings. The Bertz CT molecular complexity index is 1160. The number of piperazine rings is 1. The SMILES string of the molecule is COc1ccc(N2CCN(C(=O)CCn3nc(-c4ccc(C(C)C)cc4)ccc3=O)CC2)cc1. The zero-order chi connectivity index (χ0) is 24.1. The number of hydrogen-bond acceptors (Lipinski definition) is 5. The van der Waals surface area contributed by atoms with Gasteiger partial charge in [-0.05, 0) is 41.8 Å². The van der Waals surface area contributed by atoms with E-state index in [4.69, 9.17) is 4.74 Å². The van der Waals surface area contributed by atoms with Crippen LogP contribution in [0.15, 0.2) is 65.5 Å². The van der Waals surface area contributed by atoms with E-state index in [1.54, 1.807) is 13.2 Å². The molecule has 1 saturated heterocycles. The van der Waals surface area contributed by atoms with Crippen LogP contribution in [0.2, 0.25) is 0 Å². The van der Waals surface area contributed by atoms with Gasteiger partial charge in [0.15, 0.2) is 0 Å². The number of ether oxygens (including phenoxy) is 1. The van der Waals surface area contributed by atoms with Gasteiger partial charge in [0.05, 0.1) is 19.3 Å². The Morgan fingerprint density at radius 1 is 0.941 bits per heavy atom. The van der Waals surface area contributed by atoms with E-state index in [1.165, 1.54) is 16.3 Å². The number of rotatable bonds is 7. The molecule has 1 fully saturated rings. The second kappa shape index (κ2) is 10.5. The van der Waals surface area contributed by atoms with Crippen LogP contribution in [0.25, 0.3) is 11.3 Å². The van der Waals surface area contributed by atoms with Gasteiger partial charge < -0.3 is 14.5 Å². The maximum Gasteiger partial charge on any atom is 0.266 e. The molecule has 4 rings (SSSR count). The van der Waals surface area contributed by atoms with E-state index in [0.29, 0.717) is 19.0 Å². The third kappa shape index (κ3) is 5.47. The van der Waals surface area contributed by atoms with Gasteiger partial charge in [-0.25, -0.2) is 4.68 Å². The summed E-state index contributed by atoms with van der Waals surface area (Å²) in [7, 11) is 1.66. The number of carbonyl (C=O) groups is 1. The minimum Gasteiger partial charge on any atom is -0.497 e. The van der Waals surface area contributed by atoms with Crippen LogP contribution in [0.3, 0.4) is 0 Å². The molecule has 0 saturated carbocycles. The van der Waals surface area contributed by atoms with Gasteiger partial charge in [0.25, 0.3) is 5.56 Å². The van der Waals surface area contributed by atoms with Crippen molar-refractivity contribution in [1.29, 1.82) is 0 Å². The van der Waals surface area contributed by atoms with Crippen LogP contribution in [-0.4, -0.2) is 53.9 Å². The maximum absolute atomic E-state index is 12.8. The standard InChI is InChI=1S/C27H32N4O3/c1-20(2)21-4-6-22(7-5-21)25-12-13-27(33)31(28-25)15-14-26(32)30-18-16-29(17-19-30)23-8-10-24(34-3)11-9-23/h4-13,20H,14-19H2,1-3H3. The number of aryl methyl sites for hydroxylation is 1. The molecule has 0 bridgehead atoms. The van der Waals surface area contributed by atoms with Crippen molar-refractivity contribution in [1.82, 2.24) is 14.7 Å². The second-order valence-corrected chi connectivity index (χ2v) is 8.87. The minimum absolute atomic E-state index is 0.0507. The Labute approximate surface area is 200 Å². The molecule has 34 heavy (non-hydrogen) atoms. The molecule has 1 aromatic heterocycles. The Kier molecular flexibility index (Phi) is 7.30. The summed E-state index contributed by atoms with van der Waals surface area (Å²) in [5.74, 6) is 1.34. The van der Waals surface area contributed by atoms with E-state index in [1.807, 2.05) is 41.3 Å². The lowest BCUT2D eigenvalue weighted by atomic mass is 10.0. The smallest absolute Gasteiger partial charge is 0.266 e. The molecular weight excluding hydrogens is 428 g/mol. The molecule has 0 radical (unpaired) electrons. The highest BCUT2D eigenvalue weighted by molar-refractivity contribution is 5.76. The highest BCUT2D eigenvalue weighted by Gasteiger charge is 2.21. The molecule has 1 amide bonds. The monoisotopic (exact) mass is 460 g/mol. The van der Waals surface area contributed by atoms with Crippen LogP contribution in [0.4, 0.5) is 5.69 Å². The first-order valence-corrected chi connectivity index (χ1v) is 11.8. The lowest BCUT2D eigenvalue weighted by Crippen LogP contribution is -2.49. The maximum atomic E-state index is 12.8. The highest BCUT2D eigenvalue weighted by atomic mass is 16.5. The molecule has 0 unspecified atom stereocenters. The highest BCUT2D eigenvalue weighted by Crippen LogP contribution is 2.22. The van der Waals surface area contributed by atoms with Crippen molar-refractivity contribution < 1.29 is 9.53 Å². The fourth-order valence-corrected chi connectivity index (χ4v) is 4.17. The summed E-state index contributed by atoms with van der Waals surface area (Å²) >= 11 is 0. The molecule has 1 aliphatic heterocycles. The van der Waals surface area contributed by atoms with E-state index in [9.17, 15) is 9.59 Å². The molecule has 0 spiro atoms. The zero-order valence-electron chi connectivity index (χ0n) is 20.1. The van der Waals surface area contributed by atoms with Gasteiger partial charge in [-0.15, -0.1) is 0 Å². The number of carbonyl (C=O) groups excluding carboxylic acids is 1. The first-order valence-electron chi connectivity index (χ1n) is 11.8. The fraction of sp³-hybridized carbons (Fsp3) is 0.370. The van der Waals surface area contributed by atoms with Crippen molar-refractivity contribution in [2.24, 2.45) is 0 Å². The molecule has 2 heterocycles. The van der Waals surface area contributed by atoms with Crippen molar-refractivity contribution in [3.63, 3.8) is 0 Å². The lowest BCUT2D eigenvalue weighted by Gasteiger charge is -2.36. The first kappa shape index (κ1) is 23.5. The Balaban J connectivity index is 1.34. The summed E-state index contributed by atoms with van der Waals surface area (Å²) in [6.07, 6.45) is 0.255. The molecule has 0 N–H and O–H groups in total. The van der Waals surface area contributed by atoms with E-state index < -0.39 is 0 Å². The van der Waals surface area contributed by atoms with Crippen LogP contribution in [-0.2, 0) is 11.3 Å². The third-order valence-corrected chi connectivity index (χ3v) is 6.35. The van der Waals surface area contributed by atoms with E-state index in [2.05, 4.69) is 36.0 Å². The molecule has 0 atom stereocenters. The molecule has 178 valence electrons. The van der Waals surface area contributed by atoms with Crippen molar-refractivity contribution in [3.8, 4) is 17.0 Å². The average molecular weight is 461 g/mol. The van der Waals surface area contributed by atoms with E-state index in [0.717, 1.165) is 35.8 Å². The van der Waals surface area contributed by atoms with Gasteiger partial charge >= 0.3 is 0 Å². The van der Waals surface area contributed by atoms with Crippen LogP contribution in [0.5, 0.6) is 5.75 Å². The number of benzene rings is 2. The van der Waals surface area contributed by atoms with E-state index >= 15 is 0 Å². The van der Waals surface area contributed by atoms with Gasteiger partial charge in [0.1, 0.15) is 5.75 Å². The number of hydrogen-bond donors (Lipinski definition) is 0. The third-order valence-electron chi connectivity index (χ3n) is 6.35. The van der Waals surface area contributed by atoms with Gasteiger partial charge in [-0.3, -0.25) is 9.59 Å². The van der Waals surface area contributed by atoms with Crippen molar-refractivity contribution in [2.45, 2.75) is 32.7 Å². The van der Waals surface area contributed by atoms with Crippen LogP contribution < -0.4 is 15.2 Å². The van der Waals surface area contributed by atoms with Gasteiger partial charge in [0, 0.05) is 49.9 Å². The Hall–Kier alpha value is -3.61. The van der Waals surface area contributed by atoms with Crippen LogP contribution >= 0.6 is 0 Å². The van der Waals surface area contributed by atoms with Crippen molar-refractivity contribution >= 4 is 11.6 Å².